The van der Waals surface area contributed by atoms with Crippen LogP contribution in [0.25, 0.3) is 11.3 Å². The molecule has 2 heterocycles. The van der Waals surface area contributed by atoms with Crippen LogP contribution in [0.2, 0.25) is 5.02 Å². The highest BCUT2D eigenvalue weighted by molar-refractivity contribution is 7.89. The first-order chi connectivity index (χ1) is 16.9. The predicted octanol–water partition coefficient (Wildman–Crippen LogP) is 4.64. The van der Waals surface area contributed by atoms with Crippen LogP contribution in [-0.4, -0.2) is 42.3 Å². The van der Waals surface area contributed by atoms with Crippen molar-refractivity contribution < 1.29 is 13.2 Å². The van der Waals surface area contributed by atoms with Gasteiger partial charge in [-0.2, -0.15) is 0 Å². The van der Waals surface area contributed by atoms with E-state index in [0.717, 1.165) is 61.2 Å². The summed E-state index contributed by atoms with van der Waals surface area (Å²) in [6.07, 6.45) is 7.67. The smallest absolute Gasteiger partial charge is 0.240 e. The Balaban J connectivity index is 1.21. The number of rotatable bonds is 7. The molecule has 0 radical (unpaired) electrons. The van der Waals surface area contributed by atoms with Gasteiger partial charge in [-0.1, -0.05) is 35.9 Å². The van der Waals surface area contributed by atoms with Crippen molar-refractivity contribution in [1.82, 2.24) is 19.6 Å². The topological polar surface area (TPSA) is 95.2 Å². The van der Waals surface area contributed by atoms with Gasteiger partial charge in [0, 0.05) is 30.1 Å². The van der Waals surface area contributed by atoms with E-state index in [4.69, 9.17) is 11.6 Å². The quantitative estimate of drug-likeness (QED) is 0.482. The molecule has 9 heteroatoms. The maximum absolute atomic E-state index is 13.0. The van der Waals surface area contributed by atoms with Crippen LogP contribution in [0.4, 0.5) is 0 Å². The summed E-state index contributed by atoms with van der Waals surface area (Å²) in [5.41, 5.74) is 4.02. The maximum atomic E-state index is 13.0. The number of halogens is 1. The van der Waals surface area contributed by atoms with Crippen molar-refractivity contribution >= 4 is 27.5 Å². The Kier molecular flexibility index (Phi) is 6.95. The Labute approximate surface area is 211 Å². The number of imidazole rings is 1. The third kappa shape index (κ3) is 5.15. The molecule has 1 amide bonds. The van der Waals surface area contributed by atoms with Crippen molar-refractivity contribution in [3.8, 4) is 11.3 Å². The summed E-state index contributed by atoms with van der Waals surface area (Å²) in [6.45, 7) is 0.688. The molecule has 1 fully saturated rings. The Morgan fingerprint density at radius 3 is 2.74 bits per heavy atom. The lowest BCUT2D eigenvalue weighted by molar-refractivity contribution is -0.132. The van der Waals surface area contributed by atoms with Gasteiger partial charge in [0.25, 0.3) is 0 Å². The van der Waals surface area contributed by atoms with Gasteiger partial charge in [0.05, 0.1) is 22.8 Å². The SMILES string of the molecule is O=C(CCNS(=O)(=O)c1ccc2c(c1)CCCC2)N1CCCC1c1ncc(-c2ccccc2Cl)[nH]1. The third-order valence-corrected chi connectivity index (χ3v) is 8.70. The second-order valence-corrected chi connectivity index (χ2v) is 11.4. The number of carbonyl (C=O) groups excluding carboxylic acids is 1. The molecule has 5 rings (SSSR count). The number of carbonyl (C=O) groups is 1. The molecule has 2 N–H and O–H groups in total. The van der Waals surface area contributed by atoms with Crippen LogP contribution in [0.5, 0.6) is 0 Å². The molecule has 1 atom stereocenters. The van der Waals surface area contributed by atoms with Gasteiger partial charge in [-0.15, -0.1) is 0 Å². The number of aromatic amines is 1. The van der Waals surface area contributed by atoms with Gasteiger partial charge in [-0.3, -0.25) is 4.79 Å². The van der Waals surface area contributed by atoms with E-state index < -0.39 is 10.0 Å². The Morgan fingerprint density at radius 1 is 1.11 bits per heavy atom. The van der Waals surface area contributed by atoms with Crippen LogP contribution < -0.4 is 4.72 Å². The molecule has 0 bridgehead atoms. The molecule has 184 valence electrons. The second kappa shape index (κ2) is 10.1. The average Bonchev–Trinajstić information content (AvgIpc) is 3.54. The van der Waals surface area contributed by atoms with Crippen molar-refractivity contribution in [3.63, 3.8) is 0 Å². The van der Waals surface area contributed by atoms with E-state index in [0.29, 0.717) is 11.6 Å². The fourth-order valence-electron chi connectivity index (χ4n) is 5.07. The zero-order valence-electron chi connectivity index (χ0n) is 19.5. The number of nitrogens with one attached hydrogen (secondary N) is 2. The minimum Gasteiger partial charge on any atom is -0.340 e. The highest BCUT2D eigenvalue weighted by atomic mass is 35.5. The van der Waals surface area contributed by atoms with Crippen molar-refractivity contribution in [2.24, 2.45) is 0 Å². The third-order valence-electron chi connectivity index (χ3n) is 6.91. The van der Waals surface area contributed by atoms with Gasteiger partial charge in [0.2, 0.25) is 15.9 Å². The molecule has 0 spiro atoms. The lowest BCUT2D eigenvalue weighted by Crippen LogP contribution is -2.34. The average molecular weight is 513 g/mol. The van der Waals surface area contributed by atoms with Crippen molar-refractivity contribution in [1.29, 1.82) is 0 Å². The monoisotopic (exact) mass is 512 g/mol. The summed E-state index contributed by atoms with van der Waals surface area (Å²) >= 11 is 6.31. The summed E-state index contributed by atoms with van der Waals surface area (Å²) in [5.74, 6) is 0.636. The molecule has 35 heavy (non-hydrogen) atoms. The standard InChI is InChI=1S/C26H29ClN4O3S/c27-22-9-4-3-8-21(22)23-17-28-26(30-23)24-10-5-15-31(24)25(32)13-14-29-35(33,34)20-12-11-18-6-1-2-7-19(18)16-20/h3-4,8-9,11-12,16-17,24,29H,1-2,5-7,10,13-15H2,(H,28,30). The largest absolute Gasteiger partial charge is 0.340 e. The number of hydrogen-bond donors (Lipinski definition) is 2. The number of nitrogens with zero attached hydrogens (tertiary/aromatic N) is 2. The van der Waals surface area contributed by atoms with Crippen LogP contribution >= 0.6 is 11.6 Å². The van der Waals surface area contributed by atoms with Gasteiger partial charge in [-0.05, 0) is 67.9 Å². The van der Waals surface area contributed by atoms with Gasteiger partial charge in [-0.25, -0.2) is 18.1 Å². The van der Waals surface area contributed by atoms with E-state index in [2.05, 4.69) is 14.7 Å². The summed E-state index contributed by atoms with van der Waals surface area (Å²) in [4.78, 5) is 22.9. The lowest BCUT2D eigenvalue weighted by atomic mass is 9.92. The summed E-state index contributed by atoms with van der Waals surface area (Å²) < 4.78 is 28.2. The van der Waals surface area contributed by atoms with Crippen molar-refractivity contribution in [2.75, 3.05) is 13.1 Å². The molecule has 2 aromatic carbocycles. The molecule has 1 aromatic heterocycles. The van der Waals surface area contributed by atoms with Gasteiger partial charge in [0.1, 0.15) is 5.82 Å². The first-order valence-corrected chi connectivity index (χ1v) is 14.0. The zero-order valence-corrected chi connectivity index (χ0v) is 21.0. The van der Waals surface area contributed by atoms with Crippen LogP contribution in [0.3, 0.4) is 0 Å². The predicted molar refractivity (Wildman–Crippen MR) is 136 cm³/mol. The summed E-state index contributed by atoms with van der Waals surface area (Å²) in [5, 5.41) is 0.633. The Hall–Kier alpha value is -2.68. The maximum Gasteiger partial charge on any atom is 0.240 e. The van der Waals surface area contributed by atoms with Crippen LogP contribution in [-0.2, 0) is 27.7 Å². The molecule has 1 saturated heterocycles. The number of hydrogen-bond acceptors (Lipinski definition) is 4. The molecular formula is C26H29ClN4O3S. The van der Waals surface area contributed by atoms with Gasteiger partial charge in [0.15, 0.2) is 0 Å². The Bertz CT molecular complexity index is 1340. The van der Waals surface area contributed by atoms with E-state index in [1.165, 1.54) is 5.56 Å². The number of amides is 1. The zero-order chi connectivity index (χ0) is 24.4. The highest BCUT2D eigenvalue weighted by Crippen LogP contribution is 2.33. The summed E-state index contributed by atoms with van der Waals surface area (Å²) in [6, 6.07) is 12.7. The van der Waals surface area contributed by atoms with E-state index in [-0.39, 0.29) is 29.8 Å². The van der Waals surface area contributed by atoms with E-state index in [1.807, 2.05) is 30.3 Å². The molecule has 3 aromatic rings. The number of sulfonamides is 1. The van der Waals surface area contributed by atoms with Crippen molar-refractivity contribution in [3.05, 3.63) is 70.6 Å². The van der Waals surface area contributed by atoms with Crippen molar-refractivity contribution in [2.45, 2.75) is 55.9 Å². The highest BCUT2D eigenvalue weighted by Gasteiger charge is 2.32. The molecule has 1 aliphatic carbocycles. The first kappa shape index (κ1) is 24.0. The minimum absolute atomic E-state index is 0.0600. The second-order valence-electron chi connectivity index (χ2n) is 9.19. The lowest BCUT2D eigenvalue weighted by Gasteiger charge is -2.23. The number of H-pyrrole nitrogens is 1. The minimum atomic E-state index is -3.66. The first-order valence-electron chi connectivity index (χ1n) is 12.1. The van der Waals surface area contributed by atoms with Crippen LogP contribution in [0.1, 0.15) is 55.1 Å². The molecule has 1 aliphatic heterocycles. The molecular weight excluding hydrogens is 484 g/mol. The molecule has 7 nitrogen and oxygen atoms in total. The van der Waals surface area contributed by atoms with E-state index in [1.54, 1.807) is 23.2 Å². The number of aromatic nitrogens is 2. The van der Waals surface area contributed by atoms with Gasteiger partial charge >= 0.3 is 0 Å². The van der Waals surface area contributed by atoms with Crippen LogP contribution in [0.15, 0.2) is 53.6 Å². The molecule has 2 aliphatic rings. The molecule has 1 unspecified atom stereocenters. The fraction of sp³-hybridized carbons (Fsp3) is 0.385. The normalized spacial score (nSPS) is 18.0. The number of likely N-dealkylation sites (tertiary alicyclic amines) is 1. The number of aryl methyl sites for hydroxylation is 2. The van der Waals surface area contributed by atoms with E-state index in [9.17, 15) is 13.2 Å². The van der Waals surface area contributed by atoms with Crippen LogP contribution in [0, 0.1) is 0 Å². The van der Waals surface area contributed by atoms with Gasteiger partial charge < -0.3 is 9.88 Å². The Morgan fingerprint density at radius 2 is 1.91 bits per heavy atom. The number of benzene rings is 2. The number of fused-ring (bicyclic) bond motifs is 1. The molecule has 0 saturated carbocycles. The van der Waals surface area contributed by atoms with E-state index >= 15 is 0 Å². The summed E-state index contributed by atoms with van der Waals surface area (Å²) in [7, 11) is -3.66. The fourth-order valence-corrected chi connectivity index (χ4v) is 6.39.